The highest BCUT2D eigenvalue weighted by Crippen LogP contribution is 2.18. The monoisotopic (exact) mass is 309 g/mol. The topological polar surface area (TPSA) is 73.2 Å². The molecule has 0 spiro atoms. The summed E-state index contributed by atoms with van der Waals surface area (Å²) < 4.78 is 25.8. The first kappa shape index (κ1) is 17.6. The molecule has 0 amide bonds. The Morgan fingerprint density at radius 3 is 2.48 bits per heavy atom. The van der Waals surface area contributed by atoms with E-state index in [9.17, 15) is 8.42 Å². The molecule has 0 saturated heterocycles. The van der Waals surface area contributed by atoms with E-state index in [4.69, 9.17) is 5.26 Å². The van der Waals surface area contributed by atoms with Crippen molar-refractivity contribution in [1.29, 1.82) is 5.26 Å². The molecular formula is C15H23N3O2S. The van der Waals surface area contributed by atoms with E-state index in [-0.39, 0.29) is 23.9 Å². The third-order valence-electron chi connectivity index (χ3n) is 3.33. The molecule has 0 aliphatic carbocycles. The van der Waals surface area contributed by atoms with Crippen molar-refractivity contribution in [3.8, 4) is 6.07 Å². The summed E-state index contributed by atoms with van der Waals surface area (Å²) in [6, 6.07) is 9.05. The highest BCUT2D eigenvalue weighted by Gasteiger charge is 2.20. The van der Waals surface area contributed by atoms with Crippen LogP contribution in [0.25, 0.3) is 0 Å². The summed E-state index contributed by atoms with van der Waals surface area (Å²) in [6.45, 7) is 5.29. The molecule has 21 heavy (non-hydrogen) atoms. The minimum absolute atomic E-state index is 0.186. The summed E-state index contributed by atoms with van der Waals surface area (Å²) in [4.78, 5) is 0.259. The molecule has 0 aromatic heterocycles. The molecule has 1 rings (SSSR count). The Balaban J connectivity index is 2.84. The maximum atomic E-state index is 12.3. The van der Waals surface area contributed by atoms with Gasteiger partial charge in [0.1, 0.15) is 0 Å². The maximum absolute atomic E-state index is 12.3. The molecule has 1 atom stereocenters. The van der Waals surface area contributed by atoms with E-state index in [0.29, 0.717) is 0 Å². The molecule has 5 nitrogen and oxygen atoms in total. The molecule has 0 aliphatic rings. The number of benzene rings is 1. The van der Waals surface area contributed by atoms with Gasteiger partial charge >= 0.3 is 0 Å². The lowest BCUT2D eigenvalue weighted by atomic mass is 10.1. The van der Waals surface area contributed by atoms with Gasteiger partial charge in [0.05, 0.1) is 11.0 Å². The van der Waals surface area contributed by atoms with Gasteiger partial charge in [-0.2, -0.15) is 9.57 Å². The Labute approximate surface area is 127 Å². The van der Waals surface area contributed by atoms with E-state index in [0.717, 1.165) is 18.5 Å². The van der Waals surface area contributed by atoms with Crippen LogP contribution in [0.2, 0.25) is 0 Å². The minimum Gasteiger partial charge on any atom is -0.310 e. The number of sulfonamides is 1. The Kier molecular flexibility index (Phi) is 6.82. The fraction of sp³-hybridized carbons (Fsp3) is 0.533. The SMILES string of the molecule is CCCNC(C)c1ccc(S(=O)(=O)N(C)CCC#N)cc1. The van der Waals surface area contributed by atoms with E-state index in [2.05, 4.69) is 19.2 Å². The Hall–Kier alpha value is -1.42. The molecule has 0 aliphatic heterocycles. The molecule has 0 fully saturated rings. The molecule has 1 N–H and O–H groups in total. The molecule has 0 saturated carbocycles. The largest absolute Gasteiger partial charge is 0.310 e. The van der Waals surface area contributed by atoms with E-state index in [1.807, 2.05) is 18.2 Å². The average molecular weight is 309 g/mol. The summed E-state index contributed by atoms with van der Waals surface area (Å²) >= 11 is 0. The first-order chi connectivity index (χ1) is 9.93. The summed E-state index contributed by atoms with van der Waals surface area (Å²) in [5.74, 6) is 0. The molecule has 1 aromatic rings. The van der Waals surface area contributed by atoms with Crippen LogP contribution in [-0.4, -0.2) is 32.9 Å². The van der Waals surface area contributed by atoms with E-state index >= 15 is 0 Å². The third-order valence-corrected chi connectivity index (χ3v) is 5.20. The van der Waals surface area contributed by atoms with E-state index in [1.165, 1.54) is 11.4 Å². The number of nitrogens with one attached hydrogen (secondary N) is 1. The second-order valence-corrected chi connectivity index (χ2v) is 7.02. The van der Waals surface area contributed by atoms with Gasteiger partial charge in [-0.1, -0.05) is 19.1 Å². The number of rotatable bonds is 8. The van der Waals surface area contributed by atoms with Gasteiger partial charge in [0.25, 0.3) is 0 Å². The zero-order chi connectivity index (χ0) is 15.9. The van der Waals surface area contributed by atoms with Gasteiger partial charge in [-0.25, -0.2) is 8.42 Å². The zero-order valence-corrected chi connectivity index (χ0v) is 13.7. The lowest BCUT2D eigenvalue weighted by molar-refractivity contribution is 0.476. The second kappa shape index (κ2) is 8.13. The molecule has 0 bridgehead atoms. The van der Waals surface area contributed by atoms with Crippen molar-refractivity contribution in [2.24, 2.45) is 0 Å². The minimum atomic E-state index is -3.51. The number of nitriles is 1. The van der Waals surface area contributed by atoms with Crippen molar-refractivity contribution in [2.75, 3.05) is 20.1 Å². The lowest BCUT2D eigenvalue weighted by Gasteiger charge is -2.17. The Bertz CT molecular complexity index is 576. The highest BCUT2D eigenvalue weighted by atomic mass is 32.2. The van der Waals surface area contributed by atoms with Gasteiger partial charge < -0.3 is 5.32 Å². The molecule has 6 heteroatoms. The van der Waals surface area contributed by atoms with Gasteiger partial charge in [0, 0.05) is 26.1 Å². The van der Waals surface area contributed by atoms with Gasteiger partial charge in [-0.3, -0.25) is 0 Å². The van der Waals surface area contributed by atoms with Crippen LogP contribution in [-0.2, 0) is 10.0 Å². The van der Waals surface area contributed by atoms with Gasteiger partial charge in [-0.15, -0.1) is 0 Å². The van der Waals surface area contributed by atoms with Crippen LogP contribution in [0.3, 0.4) is 0 Å². The average Bonchev–Trinajstić information content (AvgIpc) is 2.50. The van der Waals surface area contributed by atoms with Crippen molar-refractivity contribution in [3.05, 3.63) is 29.8 Å². The Morgan fingerprint density at radius 1 is 1.33 bits per heavy atom. The fourth-order valence-electron chi connectivity index (χ4n) is 1.91. The second-order valence-electron chi connectivity index (χ2n) is 4.98. The van der Waals surface area contributed by atoms with Crippen molar-refractivity contribution in [3.63, 3.8) is 0 Å². The molecule has 1 aromatic carbocycles. The molecule has 116 valence electrons. The highest BCUT2D eigenvalue weighted by molar-refractivity contribution is 7.89. The summed E-state index contributed by atoms with van der Waals surface area (Å²) in [5.41, 5.74) is 1.06. The lowest BCUT2D eigenvalue weighted by Crippen LogP contribution is -2.27. The van der Waals surface area contributed by atoms with Crippen LogP contribution in [0.5, 0.6) is 0 Å². The van der Waals surface area contributed by atoms with Gasteiger partial charge in [-0.05, 0) is 37.6 Å². The van der Waals surface area contributed by atoms with Crippen LogP contribution in [0.4, 0.5) is 0 Å². The predicted molar refractivity (Wildman–Crippen MR) is 83.2 cm³/mol. The summed E-state index contributed by atoms with van der Waals surface area (Å²) in [5, 5.41) is 11.9. The summed E-state index contributed by atoms with van der Waals surface area (Å²) in [7, 11) is -2.02. The first-order valence-corrected chi connectivity index (χ1v) is 8.54. The molecule has 0 radical (unpaired) electrons. The van der Waals surface area contributed by atoms with Gasteiger partial charge in [0.2, 0.25) is 10.0 Å². The Morgan fingerprint density at radius 2 is 1.95 bits per heavy atom. The normalized spacial score (nSPS) is 13.1. The molecule has 1 unspecified atom stereocenters. The standard InChI is InChI=1S/C15H23N3O2S/c1-4-11-17-13(2)14-6-8-15(9-7-14)21(19,20)18(3)12-5-10-16/h6-9,13,17H,4-5,11-12H2,1-3H3. The van der Waals surface area contributed by atoms with Crippen molar-refractivity contribution in [2.45, 2.75) is 37.6 Å². The quantitative estimate of drug-likeness (QED) is 0.799. The van der Waals surface area contributed by atoms with Crippen LogP contribution < -0.4 is 5.32 Å². The number of nitrogens with zero attached hydrogens (tertiary/aromatic N) is 2. The van der Waals surface area contributed by atoms with E-state index < -0.39 is 10.0 Å². The smallest absolute Gasteiger partial charge is 0.242 e. The first-order valence-electron chi connectivity index (χ1n) is 7.10. The predicted octanol–water partition coefficient (Wildman–Crippen LogP) is 2.28. The molecular weight excluding hydrogens is 286 g/mol. The van der Waals surface area contributed by atoms with Crippen LogP contribution in [0.1, 0.15) is 38.3 Å². The fourth-order valence-corrected chi connectivity index (χ4v) is 3.09. The third kappa shape index (κ3) is 4.81. The van der Waals surface area contributed by atoms with Crippen LogP contribution in [0, 0.1) is 11.3 Å². The zero-order valence-electron chi connectivity index (χ0n) is 12.8. The van der Waals surface area contributed by atoms with E-state index in [1.54, 1.807) is 12.1 Å². The van der Waals surface area contributed by atoms with Crippen molar-refractivity contribution < 1.29 is 8.42 Å². The summed E-state index contributed by atoms with van der Waals surface area (Å²) in [6.07, 6.45) is 1.24. The number of hydrogen-bond acceptors (Lipinski definition) is 4. The molecule has 0 heterocycles. The van der Waals surface area contributed by atoms with Crippen molar-refractivity contribution in [1.82, 2.24) is 9.62 Å². The van der Waals surface area contributed by atoms with Crippen LogP contribution in [0.15, 0.2) is 29.2 Å². The number of hydrogen-bond donors (Lipinski definition) is 1. The van der Waals surface area contributed by atoms with Crippen LogP contribution >= 0.6 is 0 Å². The van der Waals surface area contributed by atoms with Crippen molar-refractivity contribution >= 4 is 10.0 Å². The maximum Gasteiger partial charge on any atom is 0.242 e. The van der Waals surface area contributed by atoms with Gasteiger partial charge in [0.15, 0.2) is 0 Å².